The van der Waals surface area contributed by atoms with E-state index >= 15 is 0 Å². The van der Waals surface area contributed by atoms with E-state index in [-0.39, 0.29) is 5.78 Å². The molecule has 0 saturated heterocycles. The van der Waals surface area contributed by atoms with Crippen molar-refractivity contribution in [2.24, 2.45) is 0 Å². The lowest BCUT2D eigenvalue weighted by molar-refractivity contribution is 0.0983. The van der Waals surface area contributed by atoms with Gasteiger partial charge in [0.1, 0.15) is 18.1 Å². The maximum Gasteiger partial charge on any atom is 0.180 e. The number of nitrogens with zero attached hydrogens (tertiary/aromatic N) is 2. The number of hydrogen-bond donors (Lipinski definition) is 0. The van der Waals surface area contributed by atoms with Crippen LogP contribution in [0, 0.1) is 0 Å². The number of likely N-dealkylation sites (N-methyl/N-ethyl adjacent to an activating group) is 1. The molecule has 1 fully saturated rings. The van der Waals surface area contributed by atoms with E-state index in [0.29, 0.717) is 18.7 Å². The Labute approximate surface area is 108 Å². The maximum atomic E-state index is 11.4. The third-order valence-corrected chi connectivity index (χ3v) is 3.23. The van der Waals surface area contributed by atoms with Crippen molar-refractivity contribution in [3.63, 3.8) is 0 Å². The normalized spacial score (nSPS) is 14.8. The summed E-state index contributed by atoms with van der Waals surface area (Å²) in [5.41, 5.74) is 0.514. The summed E-state index contributed by atoms with van der Waals surface area (Å²) in [6, 6.07) is 4.30. The summed E-state index contributed by atoms with van der Waals surface area (Å²) >= 11 is 0. The van der Waals surface area contributed by atoms with E-state index in [9.17, 15) is 4.79 Å². The fraction of sp³-hybridized carbons (Fsp3) is 0.571. The summed E-state index contributed by atoms with van der Waals surface area (Å²) < 4.78 is 5.61. The molecule has 2 rings (SSSR count). The zero-order valence-corrected chi connectivity index (χ0v) is 11.1. The topological polar surface area (TPSA) is 42.4 Å². The lowest BCUT2D eigenvalue weighted by Gasteiger charge is -2.15. The molecular formula is C14H20N2O2. The predicted octanol–water partition coefficient (Wildman–Crippen LogP) is 2.15. The van der Waals surface area contributed by atoms with Crippen LogP contribution in [0.5, 0.6) is 5.75 Å². The van der Waals surface area contributed by atoms with Gasteiger partial charge in [-0.2, -0.15) is 0 Å². The van der Waals surface area contributed by atoms with Crippen molar-refractivity contribution in [1.29, 1.82) is 0 Å². The zero-order chi connectivity index (χ0) is 13.0. The first-order valence-corrected chi connectivity index (χ1v) is 6.53. The Bertz CT molecular complexity index is 399. The van der Waals surface area contributed by atoms with E-state index in [0.717, 1.165) is 18.3 Å². The summed E-state index contributed by atoms with van der Waals surface area (Å²) in [5, 5.41) is 0. The maximum absolute atomic E-state index is 11.4. The van der Waals surface area contributed by atoms with Gasteiger partial charge in [-0.05, 0) is 32.0 Å². The number of Topliss-reactive ketones (excluding diaryl/α,β-unsaturated/α-hetero) is 1. The molecule has 4 nitrogen and oxygen atoms in total. The molecule has 98 valence electrons. The highest BCUT2D eigenvalue weighted by atomic mass is 16.5. The molecule has 0 spiro atoms. The molecule has 1 aliphatic rings. The van der Waals surface area contributed by atoms with E-state index in [1.165, 1.54) is 12.8 Å². The Morgan fingerprint density at radius 3 is 2.83 bits per heavy atom. The molecule has 0 unspecified atom stereocenters. The monoisotopic (exact) mass is 248 g/mol. The second kappa shape index (κ2) is 5.96. The van der Waals surface area contributed by atoms with Gasteiger partial charge in [-0.1, -0.05) is 6.92 Å². The van der Waals surface area contributed by atoms with Crippen molar-refractivity contribution in [3.05, 3.63) is 24.0 Å². The minimum absolute atomic E-state index is 0.0648. The molecule has 1 aromatic heterocycles. The third kappa shape index (κ3) is 3.53. The summed E-state index contributed by atoms with van der Waals surface area (Å²) in [7, 11) is 2.13. The van der Waals surface area contributed by atoms with Gasteiger partial charge in [-0.25, -0.2) is 4.98 Å². The number of rotatable bonds is 7. The summed E-state index contributed by atoms with van der Waals surface area (Å²) in [4.78, 5) is 17.8. The largest absolute Gasteiger partial charge is 0.491 e. The SMILES string of the molecule is CCC(=O)c1ccc(OCCN(C)C2CC2)cn1. The van der Waals surface area contributed by atoms with Gasteiger partial charge >= 0.3 is 0 Å². The molecule has 18 heavy (non-hydrogen) atoms. The molecule has 0 bridgehead atoms. The minimum Gasteiger partial charge on any atom is -0.491 e. The Kier molecular flexibility index (Phi) is 4.31. The van der Waals surface area contributed by atoms with E-state index in [1.54, 1.807) is 12.3 Å². The van der Waals surface area contributed by atoms with Crippen LogP contribution >= 0.6 is 0 Å². The molecule has 1 aliphatic carbocycles. The average molecular weight is 248 g/mol. The van der Waals surface area contributed by atoms with Crippen LogP contribution in [0.15, 0.2) is 18.3 Å². The highest BCUT2D eigenvalue weighted by Crippen LogP contribution is 2.24. The number of ether oxygens (including phenoxy) is 1. The summed E-state index contributed by atoms with van der Waals surface area (Å²) in [6.07, 6.45) is 4.73. The lowest BCUT2D eigenvalue weighted by Crippen LogP contribution is -2.26. The molecule has 0 N–H and O–H groups in total. The van der Waals surface area contributed by atoms with Gasteiger partial charge in [0, 0.05) is 19.0 Å². The first-order chi connectivity index (χ1) is 8.70. The summed E-state index contributed by atoms with van der Waals surface area (Å²) in [6.45, 7) is 3.43. The van der Waals surface area contributed by atoms with Gasteiger partial charge in [0.15, 0.2) is 5.78 Å². The second-order valence-corrected chi connectivity index (χ2v) is 4.72. The van der Waals surface area contributed by atoms with Crippen molar-refractivity contribution < 1.29 is 9.53 Å². The molecule has 0 aliphatic heterocycles. The van der Waals surface area contributed by atoms with E-state index in [4.69, 9.17) is 4.74 Å². The van der Waals surface area contributed by atoms with Crippen LogP contribution in [-0.4, -0.2) is 41.9 Å². The standard InChI is InChI=1S/C14H20N2O2/c1-3-14(17)13-7-6-12(10-15-13)18-9-8-16(2)11-4-5-11/h6-7,10-11H,3-5,8-9H2,1-2H3. The van der Waals surface area contributed by atoms with Gasteiger partial charge < -0.3 is 9.64 Å². The molecular weight excluding hydrogens is 228 g/mol. The number of ketones is 1. The second-order valence-electron chi connectivity index (χ2n) is 4.72. The highest BCUT2D eigenvalue weighted by molar-refractivity contribution is 5.93. The highest BCUT2D eigenvalue weighted by Gasteiger charge is 2.25. The van der Waals surface area contributed by atoms with Crippen LogP contribution in [0.2, 0.25) is 0 Å². The van der Waals surface area contributed by atoms with Crippen molar-refractivity contribution in [2.45, 2.75) is 32.2 Å². The van der Waals surface area contributed by atoms with Crippen LogP contribution in [0.4, 0.5) is 0 Å². The van der Waals surface area contributed by atoms with Crippen LogP contribution < -0.4 is 4.74 Å². The van der Waals surface area contributed by atoms with Gasteiger partial charge in [0.05, 0.1) is 6.20 Å². The van der Waals surface area contributed by atoms with Gasteiger partial charge in [-0.3, -0.25) is 4.79 Å². The number of carbonyl (C=O) groups excluding carboxylic acids is 1. The lowest BCUT2D eigenvalue weighted by atomic mass is 10.2. The Hall–Kier alpha value is -1.42. The van der Waals surface area contributed by atoms with Crippen LogP contribution in [0.3, 0.4) is 0 Å². The number of aromatic nitrogens is 1. The van der Waals surface area contributed by atoms with E-state index in [2.05, 4.69) is 16.9 Å². The van der Waals surface area contributed by atoms with Gasteiger partial charge in [0.2, 0.25) is 0 Å². The fourth-order valence-corrected chi connectivity index (χ4v) is 1.82. The molecule has 0 aromatic carbocycles. The zero-order valence-electron chi connectivity index (χ0n) is 11.1. The Balaban J connectivity index is 1.77. The molecule has 1 aromatic rings. The molecule has 1 saturated carbocycles. The molecule has 0 amide bonds. The smallest absolute Gasteiger partial charge is 0.180 e. The van der Waals surface area contributed by atoms with Crippen molar-refractivity contribution in [1.82, 2.24) is 9.88 Å². The summed E-state index contributed by atoms with van der Waals surface area (Å²) in [5.74, 6) is 0.793. The van der Waals surface area contributed by atoms with Crippen LogP contribution in [-0.2, 0) is 0 Å². The average Bonchev–Trinajstić information content (AvgIpc) is 3.23. The van der Waals surface area contributed by atoms with E-state index in [1.807, 2.05) is 13.0 Å². The number of hydrogen-bond acceptors (Lipinski definition) is 4. The third-order valence-electron chi connectivity index (χ3n) is 3.23. The van der Waals surface area contributed by atoms with Crippen molar-refractivity contribution >= 4 is 5.78 Å². The van der Waals surface area contributed by atoms with Gasteiger partial charge in [-0.15, -0.1) is 0 Å². The minimum atomic E-state index is 0.0648. The van der Waals surface area contributed by atoms with Crippen molar-refractivity contribution in [3.8, 4) is 5.75 Å². The fourth-order valence-electron chi connectivity index (χ4n) is 1.82. The first-order valence-electron chi connectivity index (χ1n) is 6.53. The molecule has 4 heteroatoms. The number of carbonyl (C=O) groups is 1. The number of pyridine rings is 1. The van der Waals surface area contributed by atoms with Crippen LogP contribution in [0.1, 0.15) is 36.7 Å². The van der Waals surface area contributed by atoms with Crippen molar-refractivity contribution in [2.75, 3.05) is 20.2 Å². The Morgan fingerprint density at radius 2 is 2.28 bits per heavy atom. The molecule has 1 heterocycles. The van der Waals surface area contributed by atoms with Crippen LogP contribution in [0.25, 0.3) is 0 Å². The first kappa shape index (κ1) is 13.0. The van der Waals surface area contributed by atoms with E-state index < -0.39 is 0 Å². The van der Waals surface area contributed by atoms with Gasteiger partial charge in [0.25, 0.3) is 0 Å². The quantitative estimate of drug-likeness (QED) is 0.693. The predicted molar refractivity (Wildman–Crippen MR) is 70.0 cm³/mol. The molecule has 0 radical (unpaired) electrons. The molecule has 0 atom stereocenters. The Morgan fingerprint density at radius 1 is 1.50 bits per heavy atom.